The molecule has 1 heterocycles. The van der Waals surface area contributed by atoms with Gasteiger partial charge in [0.25, 0.3) is 0 Å². The maximum atomic E-state index is 12.7. The number of ether oxygens (including phenoxy) is 1. The number of carbonyl (C=O) groups is 1. The predicted octanol–water partition coefficient (Wildman–Crippen LogP) is 3.82. The first kappa shape index (κ1) is 26.9. The fourth-order valence-corrected chi connectivity index (χ4v) is 3.77. The minimum atomic E-state index is 0. The molecule has 0 saturated heterocycles. The zero-order valence-electron chi connectivity index (χ0n) is 18.3. The van der Waals surface area contributed by atoms with Gasteiger partial charge in [-0.25, -0.2) is 9.97 Å². The molecule has 0 radical (unpaired) electrons. The third kappa shape index (κ3) is 7.23. The minimum absolute atomic E-state index is 0. The van der Waals surface area contributed by atoms with Crippen molar-refractivity contribution in [1.29, 1.82) is 0 Å². The second kappa shape index (κ2) is 13.3. The van der Waals surface area contributed by atoms with Gasteiger partial charge in [-0.15, -0.1) is 24.8 Å². The molecule has 1 amide bonds. The van der Waals surface area contributed by atoms with Gasteiger partial charge >= 0.3 is 0 Å². The topological polar surface area (TPSA) is 88.2 Å². The summed E-state index contributed by atoms with van der Waals surface area (Å²) in [7, 11) is 3.78. The molecule has 9 heteroatoms. The molecular formula is C22H33Cl2N5O2. The van der Waals surface area contributed by atoms with Crippen molar-refractivity contribution in [3.05, 3.63) is 36.2 Å². The van der Waals surface area contributed by atoms with E-state index < -0.39 is 0 Å². The number of rotatable bonds is 8. The summed E-state index contributed by atoms with van der Waals surface area (Å²) in [5.41, 5.74) is 2.87. The van der Waals surface area contributed by atoms with Gasteiger partial charge in [0.2, 0.25) is 11.9 Å². The highest BCUT2D eigenvalue weighted by Crippen LogP contribution is 2.28. The van der Waals surface area contributed by atoms with Crippen molar-refractivity contribution in [3.8, 4) is 16.9 Å². The van der Waals surface area contributed by atoms with Gasteiger partial charge in [0.1, 0.15) is 5.75 Å². The van der Waals surface area contributed by atoms with E-state index in [1.165, 1.54) is 0 Å². The van der Waals surface area contributed by atoms with Gasteiger partial charge in [-0.2, -0.15) is 0 Å². The molecule has 0 atom stereocenters. The summed E-state index contributed by atoms with van der Waals surface area (Å²) >= 11 is 0. The average molecular weight is 470 g/mol. The summed E-state index contributed by atoms with van der Waals surface area (Å²) in [5, 5.41) is 9.35. The summed E-state index contributed by atoms with van der Waals surface area (Å²) in [4.78, 5) is 21.2. The molecule has 0 spiro atoms. The monoisotopic (exact) mass is 469 g/mol. The Hall–Kier alpha value is -2.09. The lowest BCUT2D eigenvalue weighted by Gasteiger charge is -2.27. The minimum Gasteiger partial charge on any atom is -0.494 e. The Morgan fingerprint density at radius 1 is 1.06 bits per heavy atom. The number of aromatic nitrogens is 2. The molecule has 172 valence electrons. The lowest BCUT2D eigenvalue weighted by atomic mass is 9.85. The number of nitrogens with one attached hydrogen (secondary N) is 3. The van der Waals surface area contributed by atoms with E-state index in [1.54, 1.807) is 19.4 Å². The molecule has 1 aliphatic rings. The van der Waals surface area contributed by atoms with Crippen LogP contribution in [0.25, 0.3) is 11.1 Å². The smallest absolute Gasteiger partial charge is 0.223 e. The molecule has 31 heavy (non-hydrogen) atoms. The van der Waals surface area contributed by atoms with Crippen molar-refractivity contribution in [2.75, 3.05) is 26.0 Å². The normalized spacial score (nSPS) is 17.6. The highest BCUT2D eigenvalue weighted by atomic mass is 35.5. The van der Waals surface area contributed by atoms with Gasteiger partial charge in [0, 0.05) is 49.1 Å². The molecule has 3 rings (SSSR count). The molecule has 0 aliphatic heterocycles. The van der Waals surface area contributed by atoms with E-state index >= 15 is 0 Å². The standard InChI is InChI=1S/C22H31N5O2.2ClH/c1-4-29-20-10-7-16(18-13-26-22(24-3)27-14-18)11-17(20)12-25-21(28)15-5-8-19(23-2)9-6-15;;/h7,10-11,13-15,19,23H,4-6,8-9,12H2,1-3H3,(H,25,28)(H,24,26,27);2*1H. The molecule has 1 aliphatic carbocycles. The van der Waals surface area contributed by atoms with E-state index in [9.17, 15) is 4.79 Å². The van der Waals surface area contributed by atoms with E-state index in [0.717, 1.165) is 48.1 Å². The van der Waals surface area contributed by atoms with Crippen molar-refractivity contribution in [3.63, 3.8) is 0 Å². The number of anilines is 1. The molecule has 7 nitrogen and oxygen atoms in total. The maximum absolute atomic E-state index is 12.7. The second-order valence-corrected chi connectivity index (χ2v) is 7.36. The van der Waals surface area contributed by atoms with E-state index in [0.29, 0.717) is 25.1 Å². The molecule has 0 unspecified atom stereocenters. The van der Waals surface area contributed by atoms with Crippen LogP contribution in [0.1, 0.15) is 38.2 Å². The first-order chi connectivity index (χ1) is 14.1. The van der Waals surface area contributed by atoms with Crippen LogP contribution >= 0.6 is 24.8 Å². The molecule has 0 bridgehead atoms. The number of carbonyl (C=O) groups excluding carboxylic acids is 1. The summed E-state index contributed by atoms with van der Waals surface area (Å²) in [6.45, 7) is 2.98. The SMILES string of the molecule is CCOc1ccc(-c2cnc(NC)nc2)cc1CNC(=O)C1CCC(NC)CC1.Cl.Cl. The Morgan fingerprint density at radius 3 is 2.32 bits per heavy atom. The van der Waals surface area contributed by atoms with Gasteiger partial charge in [-0.05, 0) is 57.4 Å². The third-order valence-electron chi connectivity index (χ3n) is 5.53. The summed E-state index contributed by atoms with van der Waals surface area (Å²) < 4.78 is 5.77. The largest absolute Gasteiger partial charge is 0.494 e. The number of hydrogen-bond acceptors (Lipinski definition) is 6. The molecule has 1 aromatic heterocycles. The summed E-state index contributed by atoms with van der Waals surface area (Å²) in [5.74, 6) is 1.61. The molecular weight excluding hydrogens is 437 g/mol. The Bertz CT molecular complexity index is 812. The lowest BCUT2D eigenvalue weighted by Crippen LogP contribution is -2.37. The van der Waals surface area contributed by atoms with Crippen LogP contribution in [0, 0.1) is 5.92 Å². The van der Waals surface area contributed by atoms with Gasteiger partial charge < -0.3 is 20.7 Å². The van der Waals surface area contributed by atoms with Crippen LogP contribution in [0.2, 0.25) is 0 Å². The number of halogens is 2. The number of amides is 1. The van der Waals surface area contributed by atoms with Crippen LogP contribution in [0.15, 0.2) is 30.6 Å². The van der Waals surface area contributed by atoms with Crippen molar-refractivity contribution in [1.82, 2.24) is 20.6 Å². The van der Waals surface area contributed by atoms with Gasteiger partial charge in [0.05, 0.1) is 6.61 Å². The Kier molecular flexibility index (Phi) is 11.6. The summed E-state index contributed by atoms with van der Waals surface area (Å²) in [6.07, 6.45) is 7.55. The van der Waals surface area contributed by atoms with Crippen LogP contribution < -0.4 is 20.7 Å². The average Bonchev–Trinajstić information content (AvgIpc) is 2.78. The van der Waals surface area contributed by atoms with Crippen molar-refractivity contribution >= 4 is 36.7 Å². The maximum Gasteiger partial charge on any atom is 0.223 e. The number of benzene rings is 1. The van der Waals surface area contributed by atoms with E-state index in [2.05, 4.69) is 25.9 Å². The second-order valence-electron chi connectivity index (χ2n) is 7.36. The van der Waals surface area contributed by atoms with Gasteiger partial charge in [-0.1, -0.05) is 6.07 Å². The molecule has 3 N–H and O–H groups in total. The molecule has 1 aromatic carbocycles. The third-order valence-corrected chi connectivity index (χ3v) is 5.53. The van der Waals surface area contributed by atoms with Crippen LogP contribution in [-0.4, -0.2) is 42.6 Å². The van der Waals surface area contributed by atoms with Gasteiger partial charge in [0.15, 0.2) is 0 Å². The highest BCUT2D eigenvalue weighted by Gasteiger charge is 2.25. The zero-order chi connectivity index (χ0) is 20.6. The van der Waals surface area contributed by atoms with Crippen LogP contribution in [-0.2, 0) is 11.3 Å². The van der Waals surface area contributed by atoms with Crippen molar-refractivity contribution in [2.45, 2.75) is 45.2 Å². The molecule has 1 saturated carbocycles. The predicted molar refractivity (Wildman–Crippen MR) is 129 cm³/mol. The van der Waals surface area contributed by atoms with Crippen LogP contribution in [0.3, 0.4) is 0 Å². The van der Waals surface area contributed by atoms with E-state index in [1.807, 2.05) is 32.2 Å². The first-order valence-corrected chi connectivity index (χ1v) is 10.4. The Morgan fingerprint density at radius 2 is 1.74 bits per heavy atom. The van der Waals surface area contributed by atoms with Crippen LogP contribution in [0.5, 0.6) is 5.75 Å². The van der Waals surface area contributed by atoms with Crippen LogP contribution in [0.4, 0.5) is 5.95 Å². The van der Waals surface area contributed by atoms with Gasteiger partial charge in [-0.3, -0.25) is 4.79 Å². The highest BCUT2D eigenvalue weighted by molar-refractivity contribution is 5.85. The lowest BCUT2D eigenvalue weighted by molar-refractivity contribution is -0.126. The number of nitrogens with zero attached hydrogens (tertiary/aromatic N) is 2. The summed E-state index contributed by atoms with van der Waals surface area (Å²) in [6, 6.07) is 6.52. The Balaban J connectivity index is 0.00000240. The van der Waals surface area contributed by atoms with Crippen molar-refractivity contribution in [2.24, 2.45) is 5.92 Å². The Labute approximate surface area is 197 Å². The zero-order valence-corrected chi connectivity index (χ0v) is 19.9. The molecule has 2 aromatic rings. The van der Waals surface area contributed by atoms with E-state index in [4.69, 9.17) is 4.74 Å². The number of hydrogen-bond donors (Lipinski definition) is 3. The first-order valence-electron chi connectivity index (χ1n) is 10.4. The van der Waals surface area contributed by atoms with Crippen molar-refractivity contribution < 1.29 is 9.53 Å². The quantitative estimate of drug-likeness (QED) is 0.544. The molecule has 1 fully saturated rings. The fourth-order valence-electron chi connectivity index (χ4n) is 3.77. The fraction of sp³-hybridized carbons (Fsp3) is 0.500. The van der Waals surface area contributed by atoms with E-state index in [-0.39, 0.29) is 36.6 Å².